The third-order valence-corrected chi connectivity index (χ3v) is 4.43. The van der Waals surface area contributed by atoms with E-state index in [-0.39, 0.29) is 31.1 Å². The van der Waals surface area contributed by atoms with Gasteiger partial charge in [-0.3, -0.25) is 4.79 Å². The number of hydrogen-bond acceptors (Lipinski definition) is 5. The van der Waals surface area contributed by atoms with E-state index in [1.165, 1.54) is 6.92 Å². The molecule has 1 fully saturated rings. The van der Waals surface area contributed by atoms with Gasteiger partial charge in [-0.15, -0.1) is 0 Å². The van der Waals surface area contributed by atoms with E-state index in [4.69, 9.17) is 14.2 Å². The number of rotatable bonds is 5. The number of benzene rings is 2. The Kier molecular flexibility index (Phi) is 6.44. The fraction of sp³-hybridized carbons (Fsp3) is 0.333. The molecule has 3 rings (SSSR count). The third kappa shape index (κ3) is 5.56. The van der Waals surface area contributed by atoms with Gasteiger partial charge in [-0.25, -0.2) is 4.79 Å². The van der Waals surface area contributed by atoms with Gasteiger partial charge in [0.15, 0.2) is 0 Å². The van der Waals surface area contributed by atoms with Crippen molar-refractivity contribution in [2.24, 2.45) is 0 Å². The van der Waals surface area contributed by atoms with Gasteiger partial charge in [-0.05, 0) is 11.1 Å². The van der Waals surface area contributed by atoms with Crippen molar-refractivity contribution in [3.8, 4) is 0 Å². The van der Waals surface area contributed by atoms with Gasteiger partial charge in [-0.2, -0.15) is 0 Å². The normalized spacial score (nSPS) is 21.9. The molecule has 0 saturated carbocycles. The zero-order valence-corrected chi connectivity index (χ0v) is 15.2. The summed E-state index contributed by atoms with van der Waals surface area (Å²) in [6.45, 7) is 1.79. The van der Waals surface area contributed by atoms with E-state index in [0.717, 1.165) is 11.1 Å². The molecule has 1 unspecified atom stereocenters. The van der Waals surface area contributed by atoms with E-state index in [9.17, 15) is 9.59 Å². The van der Waals surface area contributed by atoms with Gasteiger partial charge in [0.25, 0.3) is 0 Å². The van der Waals surface area contributed by atoms with Gasteiger partial charge in [0.2, 0.25) is 6.29 Å². The fourth-order valence-corrected chi connectivity index (χ4v) is 3.16. The quantitative estimate of drug-likeness (QED) is 0.818. The minimum atomic E-state index is -0.619. The Morgan fingerprint density at radius 3 is 2.41 bits per heavy atom. The van der Waals surface area contributed by atoms with Crippen LogP contribution >= 0.6 is 0 Å². The van der Waals surface area contributed by atoms with Gasteiger partial charge >= 0.3 is 12.1 Å². The van der Waals surface area contributed by atoms with Crippen LogP contribution in [0.2, 0.25) is 0 Å². The van der Waals surface area contributed by atoms with E-state index in [2.05, 4.69) is 5.32 Å². The average Bonchev–Trinajstić information content (AvgIpc) is 2.68. The van der Waals surface area contributed by atoms with Crippen LogP contribution in [0.1, 0.15) is 30.4 Å². The number of carbonyl (C=O) groups is 2. The molecule has 1 amide bonds. The van der Waals surface area contributed by atoms with E-state index < -0.39 is 12.4 Å². The molecular weight excluding hydrogens is 346 g/mol. The highest BCUT2D eigenvalue weighted by molar-refractivity contribution is 5.68. The van der Waals surface area contributed by atoms with Crippen LogP contribution in [0.25, 0.3) is 0 Å². The SMILES string of the molecule is CC(=O)OC1C[C@@H](c2ccccc2)[C@H](NC(=O)OCc2ccccc2)CO1. The van der Waals surface area contributed by atoms with Crippen LogP contribution in [0.5, 0.6) is 0 Å². The number of amides is 1. The standard InChI is InChI=1S/C21H23NO5/c1-15(23)27-20-12-18(17-10-6-3-7-11-17)19(14-25-20)22-21(24)26-13-16-8-4-2-5-9-16/h2-11,18-20H,12-14H2,1H3,(H,22,24)/t18-,19+,20?/m0/s1. The second kappa shape index (κ2) is 9.19. The Hall–Kier alpha value is -2.86. The van der Waals surface area contributed by atoms with Crippen LogP contribution in [0.4, 0.5) is 4.79 Å². The van der Waals surface area contributed by atoms with E-state index >= 15 is 0 Å². The molecular formula is C21H23NO5. The van der Waals surface area contributed by atoms with Crippen LogP contribution in [-0.4, -0.2) is 31.0 Å². The molecule has 1 N–H and O–H groups in total. The first-order chi connectivity index (χ1) is 13.1. The molecule has 0 radical (unpaired) electrons. The number of nitrogens with one attached hydrogen (secondary N) is 1. The van der Waals surface area contributed by atoms with Crippen molar-refractivity contribution in [2.75, 3.05) is 6.61 Å². The molecule has 6 heteroatoms. The molecule has 2 aromatic rings. The predicted octanol–water partition coefficient (Wildman–Crippen LogP) is 3.37. The topological polar surface area (TPSA) is 73.9 Å². The van der Waals surface area contributed by atoms with Gasteiger partial charge in [0.05, 0.1) is 12.6 Å². The second-order valence-corrected chi connectivity index (χ2v) is 6.44. The molecule has 0 spiro atoms. The maximum Gasteiger partial charge on any atom is 0.407 e. The van der Waals surface area contributed by atoms with Gasteiger partial charge in [0, 0.05) is 19.3 Å². The van der Waals surface area contributed by atoms with Crippen molar-refractivity contribution in [2.45, 2.75) is 38.2 Å². The predicted molar refractivity (Wildman–Crippen MR) is 98.9 cm³/mol. The molecule has 0 aliphatic carbocycles. The van der Waals surface area contributed by atoms with Crippen LogP contribution in [0, 0.1) is 0 Å². The third-order valence-electron chi connectivity index (χ3n) is 4.43. The van der Waals surface area contributed by atoms with E-state index in [0.29, 0.717) is 6.42 Å². The van der Waals surface area contributed by atoms with Crippen LogP contribution in [0.15, 0.2) is 60.7 Å². The Bertz CT molecular complexity index is 750. The summed E-state index contributed by atoms with van der Waals surface area (Å²) in [6.07, 6.45) is -0.654. The lowest BCUT2D eigenvalue weighted by Gasteiger charge is -2.36. The maximum atomic E-state index is 12.2. The number of ether oxygens (including phenoxy) is 3. The lowest BCUT2D eigenvalue weighted by atomic mass is 9.87. The van der Waals surface area contributed by atoms with Crippen molar-refractivity contribution in [3.63, 3.8) is 0 Å². The molecule has 142 valence electrons. The van der Waals surface area contributed by atoms with Gasteiger partial charge in [0.1, 0.15) is 6.61 Å². The lowest BCUT2D eigenvalue weighted by Crippen LogP contribution is -2.48. The van der Waals surface area contributed by atoms with Gasteiger partial charge in [-0.1, -0.05) is 60.7 Å². The first kappa shape index (κ1) is 18.9. The molecule has 2 aromatic carbocycles. The lowest BCUT2D eigenvalue weighted by molar-refractivity contribution is -0.189. The van der Waals surface area contributed by atoms with E-state index in [1.54, 1.807) is 0 Å². The number of esters is 1. The van der Waals surface area contributed by atoms with Crippen molar-refractivity contribution in [1.82, 2.24) is 5.32 Å². The Labute approximate surface area is 158 Å². The summed E-state index contributed by atoms with van der Waals surface area (Å²) in [5, 5.41) is 2.88. The summed E-state index contributed by atoms with van der Waals surface area (Å²) < 4.78 is 16.1. The zero-order valence-electron chi connectivity index (χ0n) is 15.2. The summed E-state index contributed by atoms with van der Waals surface area (Å²) >= 11 is 0. The summed E-state index contributed by atoms with van der Waals surface area (Å²) in [5.41, 5.74) is 1.97. The van der Waals surface area contributed by atoms with Crippen molar-refractivity contribution >= 4 is 12.1 Å². The largest absolute Gasteiger partial charge is 0.445 e. The van der Waals surface area contributed by atoms with Crippen molar-refractivity contribution in [3.05, 3.63) is 71.8 Å². The molecule has 0 bridgehead atoms. The fourth-order valence-electron chi connectivity index (χ4n) is 3.16. The average molecular weight is 369 g/mol. The minimum Gasteiger partial charge on any atom is -0.445 e. The highest BCUT2D eigenvalue weighted by Gasteiger charge is 2.35. The molecule has 1 aliphatic rings. The first-order valence-electron chi connectivity index (χ1n) is 8.93. The zero-order chi connectivity index (χ0) is 19.1. The van der Waals surface area contributed by atoms with E-state index in [1.807, 2.05) is 60.7 Å². The maximum absolute atomic E-state index is 12.2. The van der Waals surface area contributed by atoms with Crippen LogP contribution in [-0.2, 0) is 25.6 Å². The molecule has 6 nitrogen and oxygen atoms in total. The smallest absolute Gasteiger partial charge is 0.407 e. The molecule has 1 aliphatic heterocycles. The number of hydrogen-bond donors (Lipinski definition) is 1. The molecule has 0 aromatic heterocycles. The second-order valence-electron chi connectivity index (χ2n) is 6.44. The monoisotopic (exact) mass is 369 g/mol. The number of alkyl carbamates (subject to hydrolysis) is 1. The first-order valence-corrected chi connectivity index (χ1v) is 8.93. The number of carbonyl (C=O) groups excluding carboxylic acids is 2. The van der Waals surface area contributed by atoms with Crippen LogP contribution < -0.4 is 5.32 Å². The Balaban J connectivity index is 1.63. The molecule has 27 heavy (non-hydrogen) atoms. The highest BCUT2D eigenvalue weighted by Crippen LogP contribution is 2.31. The Morgan fingerprint density at radius 2 is 1.74 bits per heavy atom. The highest BCUT2D eigenvalue weighted by atomic mass is 16.7. The summed E-state index contributed by atoms with van der Waals surface area (Å²) in [6, 6.07) is 19.0. The van der Waals surface area contributed by atoms with Crippen molar-refractivity contribution < 1.29 is 23.8 Å². The minimum absolute atomic E-state index is 0.0476. The molecule has 3 atom stereocenters. The molecule has 1 heterocycles. The summed E-state index contributed by atoms with van der Waals surface area (Å²) in [7, 11) is 0. The summed E-state index contributed by atoms with van der Waals surface area (Å²) in [4.78, 5) is 23.5. The molecule has 1 saturated heterocycles. The van der Waals surface area contributed by atoms with Gasteiger partial charge < -0.3 is 19.5 Å². The van der Waals surface area contributed by atoms with Crippen LogP contribution in [0.3, 0.4) is 0 Å². The summed E-state index contributed by atoms with van der Waals surface area (Å²) in [5.74, 6) is -0.436. The Morgan fingerprint density at radius 1 is 1.07 bits per heavy atom. The van der Waals surface area contributed by atoms with Crippen molar-refractivity contribution in [1.29, 1.82) is 0 Å².